The molecule has 9 heteroatoms. The third kappa shape index (κ3) is 86.1. The number of fused-ring (bicyclic) bond motifs is 2. The highest BCUT2D eigenvalue weighted by Gasteiger charge is 2.15. The van der Waals surface area contributed by atoms with Gasteiger partial charge in [0.15, 0.2) is 0 Å². The number of aryl methyl sites for hydroxylation is 5. The monoisotopic (exact) mass is 1670 g/mol. The van der Waals surface area contributed by atoms with E-state index in [9.17, 15) is 0 Å². The zero-order valence-corrected chi connectivity index (χ0v) is 80.8. The van der Waals surface area contributed by atoms with E-state index in [1.807, 2.05) is 66.8 Å². The van der Waals surface area contributed by atoms with E-state index in [4.69, 9.17) is 33.2 Å². The van der Waals surface area contributed by atoms with Crippen LogP contribution in [0.2, 0.25) is 0 Å². The average molecular weight is 1670 g/mol. The van der Waals surface area contributed by atoms with Crippen LogP contribution in [0.25, 0.3) is 0 Å². The van der Waals surface area contributed by atoms with Crippen molar-refractivity contribution >= 4 is 0 Å². The van der Waals surface area contributed by atoms with Crippen molar-refractivity contribution in [3.8, 4) is 5.75 Å². The molecule has 0 N–H and O–H groups in total. The van der Waals surface area contributed by atoms with Crippen molar-refractivity contribution in [3.63, 3.8) is 0 Å². The van der Waals surface area contributed by atoms with Gasteiger partial charge in [0, 0.05) is 72.9 Å². The van der Waals surface area contributed by atoms with Crippen molar-refractivity contribution in [1.82, 2.24) is 9.80 Å². The topological polar surface area (TPSA) is 71.1 Å². The lowest BCUT2D eigenvalue weighted by molar-refractivity contribution is 0.0545. The standard InChI is InChI=1S/C16H30O.C15H22O.C15H28O.2C12H22O.C11H21NO.C11H21N.C11H14.C8H16O/c1-4-7-8-9-10-11-12-15-17-16(13-5-2)14-6-3;1-2-3-4-5-6-11-16-15-10-9-13-7-8-14(13)12-15;1-4-7-8-9-10-11-14-16-15(12-5-2)13-6-3;1-4-7-8-9-10-11-13-12(5-2)6-3;1-4-7-8-11-13-12(9-5-2)10-6-3;1-4-8-12(9-5-2)10-6-7-11-13-3;1-4-7-8-11-12(9-5-2)10-6-3;1-2-3-9-4-5-10-6-7-11(10)8-9;1-4-7-9-8(5-2)6-3/h5-6,16H,2-4,7-15H2,1H3;9-10,12H,2-8,11H2,1H3;5-6,15H,2-4,7-14H2,1H3;2*5-6,12H,2-4,7-11H2,1H3;4-5H,1-2,6-11H2,3H3;5-6H,2-4,7-11H2,1H3;4-5,8H,2-3,6-7H2,1H3;5,8H,2,4,6-7H2,1,3H3. The molecule has 0 saturated heterocycles. The molecule has 0 saturated carbocycles. The molecular weight excluding hydrogens is 1470 g/mol. The molecule has 4 rings (SSSR count). The average Bonchev–Trinajstić information content (AvgIpc) is 0.828. The Labute approximate surface area is 747 Å². The lowest BCUT2D eigenvalue weighted by atomic mass is 9.87. The molecule has 120 heavy (non-hydrogen) atoms. The molecule has 1 unspecified atom stereocenters. The number of unbranched alkanes of at least 4 members (excludes halogenated alkanes) is 24. The van der Waals surface area contributed by atoms with Gasteiger partial charge in [-0.1, -0.05) is 320 Å². The molecule has 0 radical (unpaired) electrons. The molecule has 1 atom stereocenters. The summed E-state index contributed by atoms with van der Waals surface area (Å²) in [4.78, 5) is 4.67. The number of hydrogen-bond donors (Lipinski definition) is 0. The molecule has 0 aliphatic heterocycles. The van der Waals surface area contributed by atoms with E-state index in [0.29, 0.717) is 18.3 Å². The third-order valence-electron chi connectivity index (χ3n) is 20.4. The van der Waals surface area contributed by atoms with Gasteiger partial charge in [0.2, 0.25) is 0 Å². The summed E-state index contributed by atoms with van der Waals surface area (Å²) >= 11 is 0. The van der Waals surface area contributed by atoms with Gasteiger partial charge < -0.3 is 33.2 Å². The molecule has 2 aromatic rings. The van der Waals surface area contributed by atoms with Crippen LogP contribution in [0.4, 0.5) is 0 Å². The number of ether oxygens (including phenoxy) is 7. The summed E-state index contributed by atoms with van der Waals surface area (Å²) in [6, 6.07) is 13.5. The van der Waals surface area contributed by atoms with Gasteiger partial charge in [-0.05, 0) is 188 Å². The first-order valence-electron chi connectivity index (χ1n) is 48.6. The zero-order chi connectivity index (χ0) is 89.9. The first-order chi connectivity index (χ1) is 58.7. The van der Waals surface area contributed by atoms with Gasteiger partial charge in [-0.3, -0.25) is 9.80 Å². The SMILES string of the molecule is C=CC(C=C)OCCCCCCC.C=CC(CC)OCCC.C=CCC(CC=C)OCCCCC.C=CCC(CC=C)OCCCCCCCC.C=CCC(CC=C)OCCCCCCCCC.C=CCN(CC=C)CCCCC.C=CCN(CC=C)CCCCOC.CCCCCCCOc1ccc2c(c1)CC2.CCCc1ccc2c(c1)CC2. The van der Waals surface area contributed by atoms with Crippen LogP contribution in [0, 0.1) is 0 Å². The van der Waals surface area contributed by atoms with E-state index < -0.39 is 0 Å². The van der Waals surface area contributed by atoms with E-state index in [-0.39, 0.29) is 12.2 Å². The van der Waals surface area contributed by atoms with E-state index in [2.05, 4.69) is 194 Å². The minimum Gasteiger partial charge on any atom is -0.494 e. The fourth-order valence-electron chi connectivity index (χ4n) is 12.9. The van der Waals surface area contributed by atoms with Gasteiger partial charge in [0.1, 0.15) is 5.75 Å². The molecule has 0 bridgehead atoms. The second-order valence-corrected chi connectivity index (χ2v) is 31.6. The fraction of sp³-hybridized carbons (Fsp3) is 0.658. The predicted molar refractivity (Wildman–Crippen MR) is 539 cm³/mol. The highest BCUT2D eigenvalue weighted by Crippen LogP contribution is 2.28. The number of nitrogens with zero attached hydrogens (tertiary/aromatic N) is 2. The summed E-state index contributed by atoms with van der Waals surface area (Å²) < 4.78 is 38.9. The van der Waals surface area contributed by atoms with Crippen molar-refractivity contribution in [2.45, 2.75) is 382 Å². The Hall–Kier alpha value is -5.46. The Bertz CT molecular complexity index is 2500. The summed E-state index contributed by atoms with van der Waals surface area (Å²) in [5, 5.41) is 0. The van der Waals surface area contributed by atoms with Crippen molar-refractivity contribution in [2.75, 3.05) is 92.6 Å². The van der Waals surface area contributed by atoms with Crippen LogP contribution in [0.1, 0.15) is 347 Å². The molecule has 9 nitrogen and oxygen atoms in total. The van der Waals surface area contributed by atoms with Gasteiger partial charge in [-0.25, -0.2) is 0 Å². The maximum atomic E-state index is 5.81. The number of hydrogen-bond acceptors (Lipinski definition) is 9. The van der Waals surface area contributed by atoms with E-state index in [0.717, 1.165) is 149 Å². The quantitative estimate of drug-likeness (QED) is 0.0476. The molecule has 2 aliphatic carbocycles. The largest absolute Gasteiger partial charge is 0.494 e. The van der Waals surface area contributed by atoms with Gasteiger partial charge >= 0.3 is 0 Å². The Morgan fingerprint density at radius 1 is 0.300 bits per heavy atom. The van der Waals surface area contributed by atoms with Crippen LogP contribution in [-0.4, -0.2) is 133 Å². The van der Waals surface area contributed by atoms with Gasteiger partial charge in [0.25, 0.3) is 0 Å². The van der Waals surface area contributed by atoms with Crippen LogP contribution in [0.3, 0.4) is 0 Å². The second kappa shape index (κ2) is 104. The summed E-state index contributed by atoms with van der Waals surface area (Å²) in [6.45, 7) is 80.4. The second-order valence-electron chi connectivity index (χ2n) is 31.6. The summed E-state index contributed by atoms with van der Waals surface area (Å²) in [5.41, 5.74) is 7.69. The highest BCUT2D eigenvalue weighted by molar-refractivity contribution is 5.41. The Morgan fingerprint density at radius 2 is 0.625 bits per heavy atom. The molecule has 2 aromatic carbocycles. The highest BCUT2D eigenvalue weighted by atomic mass is 16.5. The fourth-order valence-corrected chi connectivity index (χ4v) is 12.9. The summed E-state index contributed by atoms with van der Waals surface area (Å²) in [6.07, 6.45) is 81.3. The summed E-state index contributed by atoms with van der Waals surface area (Å²) in [5.74, 6) is 1.06. The molecule has 2 aliphatic rings. The van der Waals surface area contributed by atoms with Crippen LogP contribution in [0.15, 0.2) is 201 Å². The lowest BCUT2D eigenvalue weighted by Crippen LogP contribution is -2.25. The maximum absolute atomic E-state index is 5.81. The molecule has 0 spiro atoms. The zero-order valence-electron chi connectivity index (χ0n) is 80.8. The van der Waals surface area contributed by atoms with E-state index >= 15 is 0 Å². The van der Waals surface area contributed by atoms with Gasteiger partial charge in [0.05, 0.1) is 37.1 Å². The minimum absolute atomic E-state index is 0.0335. The molecule has 692 valence electrons. The predicted octanol–water partition coefficient (Wildman–Crippen LogP) is 31.8. The Morgan fingerprint density at radius 3 is 0.942 bits per heavy atom. The lowest BCUT2D eigenvalue weighted by Gasteiger charge is -2.19. The molecule has 0 amide bonds. The van der Waals surface area contributed by atoms with Crippen LogP contribution < -0.4 is 4.74 Å². The van der Waals surface area contributed by atoms with Gasteiger partial charge in [-0.15, -0.1) is 85.5 Å². The third-order valence-corrected chi connectivity index (χ3v) is 20.4. The molecule has 0 heterocycles. The number of rotatable bonds is 74. The minimum atomic E-state index is 0.0335. The van der Waals surface area contributed by atoms with E-state index in [1.165, 1.54) is 248 Å². The first-order valence-corrected chi connectivity index (χ1v) is 48.6. The van der Waals surface area contributed by atoms with E-state index in [1.54, 1.807) is 30.4 Å². The smallest absolute Gasteiger partial charge is 0.119 e. The Kier molecular flexibility index (Phi) is 107. The van der Waals surface area contributed by atoms with Crippen molar-refractivity contribution in [1.29, 1.82) is 0 Å². The number of methoxy groups -OCH3 is 1. The maximum Gasteiger partial charge on any atom is 0.119 e. The van der Waals surface area contributed by atoms with Gasteiger partial charge in [-0.2, -0.15) is 0 Å². The van der Waals surface area contributed by atoms with Crippen molar-refractivity contribution in [2.24, 2.45) is 0 Å². The van der Waals surface area contributed by atoms with Crippen molar-refractivity contribution < 1.29 is 33.2 Å². The molecular formula is C111H196N2O7. The molecule has 0 aromatic heterocycles. The normalized spacial score (nSPS) is 11.3. The molecule has 0 fully saturated rings. The van der Waals surface area contributed by atoms with Crippen LogP contribution in [0.5, 0.6) is 5.75 Å². The van der Waals surface area contributed by atoms with Crippen molar-refractivity contribution in [3.05, 3.63) is 229 Å². The summed E-state index contributed by atoms with van der Waals surface area (Å²) in [7, 11) is 1.74. The van der Waals surface area contributed by atoms with Crippen LogP contribution in [-0.2, 0) is 60.5 Å². The Balaban J connectivity index is -0.000000415. The first kappa shape index (κ1) is 123. The van der Waals surface area contributed by atoms with Crippen LogP contribution >= 0.6 is 0 Å². The number of benzene rings is 2.